The van der Waals surface area contributed by atoms with Crippen molar-refractivity contribution in [2.45, 2.75) is 3.92 Å². The molecule has 0 aliphatic carbocycles. The SMILES string of the molecule is O=C(c1ccccc1Cl)N(SC(F)(Cl)Cl)c1cccc(F)c1. The van der Waals surface area contributed by atoms with Gasteiger partial charge in [-0.2, -0.15) is 4.39 Å². The molecule has 0 heterocycles. The second kappa shape index (κ2) is 7.04. The molecule has 116 valence electrons. The zero-order valence-electron chi connectivity index (χ0n) is 10.8. The number of anilines is 1. The topological polar surface area (TPSA) is 20.3 Å². The molecule has 0 saturated carbocycles. The fourth-order valence-corrected chi connectivity index (χ4v) is 2.90. The zero-order valence-corrected chi connectivity index (χ0v) is 13.9. The van der Waals surface area contributed by atoms with E-state index >= 15 is 0 Å². The number of nitrogens with zero attached hydrogens (tertiary/aromatic N) is 1. The number of rotatable bonds is 4. The Morgan fingerprint density at radius 3 is 2.41 bits per heavy atom. The normalized spacial score (nSPS) is 11.3. The number of carbonyl (C=O) groups is 1. The van der Waals surface area contributed by atoms with Gasteiger partial charge in [0.1, 0.15) is 5.82 Å². The highest BCUT2D eigenvalue weighted by Crippen LogP contribution is 2.42. The molecular weight excluding hydrogens is 375 g/mol. The first-order valence-corrected chi connectivity index (χ1v) is 7.79. The summed E-state index contributed by atoms with van der Waals surface area (Å²) >= 11 is 16.8. The standard InChI is InChI=1S/C14H8Cl3F2NOS/c15-12-7-2-1-6-11(12)13(21)20(22-14(16,17)19)10-5-3-4-9(18)8-10/h1-8H. The van der Waals surface area contributed by atoms with Crippen molar-refractivity contribution in [1.29, 1.82) is 0 Å². The van der Waals surface area contributed by atoms with E-state index in [9.17, 15) is 13.6 Å². The predicted octanol–water partition coefficient (Wildman–Crippen LogP) is 5.83. The van der Waals surface area contributed by atoms with Crippen LogP contribution in [0.15, 0.2) is 48.5 Å². The molecule has 0 bridgehead atoms. The third-order valence-electron chi connectivity index (χ3n) is 2.53. The lowest BCUT2D eigenvalue weighted by Gasteiger charge is -2.24. The van der Waals surface area contributed by atoms with Crippen LogP contribution in [0, 0.1) is 5.82 Å². The van der Waals surface area contributed by atoms with Crippen LogP contribution in [0.1, 0.15) is 10.4 Å². The summed E-state index contributed by atoms with van der Waals surface area (Å²) in [5.74, 6) is -1.27. The van der Waals surface area contributed by atoms with Gasteiger partial charge in [-0.3, -0.25) is 4.79 Å². The smallest absolute Gasteiger partial charge is 0.268 e. The zero-order chi connectivity index (χ0) is 16.3. The summed E-state index contributed by atoms with van der Waals surface area (Å²) in [7, 11) is 0. The van der Waals surface area contributed by atoms with E-state index in [0.717, 1.165) is 10.4 Å². The maximum Gasteiger partial charge on any atom is 0.324 e. The molecule has 0 aromatic heterocycles. The Labute approximate surface area is 145 Å². The maximum absolute atomic E-state index is 13.6. The Morgan fingerprint density at radius 2 is 1.82 bits per heavy atom. The lowest BCUT2D eigenvalue weighted by molar-refractivity contribution is 0.101. The summed E-state index contributed by atoms with van der Waals surface area (Å²) in [6, 6.07) is 11.2. The average molecular weight is 383 g/mol. The number of halogens is 5. The van der Waals surface area contributed by atoms with Gasteiger partial charge in [-0.05, 0) is 30.3 Å². The third-order valence-corrected chi connectivity index (χ3v) is 4.04. The molecule has 0 saturated heterocycles. The first-order valence-electron chi connectivity index (χ1n) is 5.88. The van der Waals surface area contributed by atoms with Gasteiger partial charge in [0.2, 0.25) is 0 Å². The summed E-state index contributed by atoms with van der Waals surface area (Å²) in [5.41, 5.74) is 0.191. The van der Waals surface area contributed by atoms with Crippen LogP contribution in [-0.2, 0) is 0 Å². The van der Waals surface area contributed by atoms with Crippen molar-refractivity contribution in [2.75, 3.05) is 4.31 Å². The van der Waals surface area contributed by atoms with E-state index in [1.807, 2.05) is 0 Å². The van der Waals surface area contributed by atoms with E-state index < -0.39 is 15.6 Å². The molecular formula is C14H8Cl3F2NOS. The van der Waals surface area contributed by atoms with E-state index in [1.54, 1.807) is 12.1 Å². The minimum atomic E-state index is -2.77. The van der Waals surface area contributed by atoms with Crippen LogP contribution in [0.2, 0.25) is 5.02 Å². The lowest BCUT2D eigenvalue weighted by atomic mass is 10.2. The van der Waals surface area contributed by atoms with Crippen LogP contribution in [0.4, 0.5) is 14.5 Å². The average Bonchev–Trinajstić information content (AvgIpc) is 2.44. The first-order chi connectivity index (χ1) is 10.3. The van der Waals surface area contributed by atoms with Gasteiger partial charge in [-0.25, -0.2) is 8.70 Å². The minimum absolute atomic E-state index is 0.0817. The molecule has 0 radical (unpaired) electrons. The maximum atomic E-state index is 13.6. The number of alkyl halides is 3. The summed E-state index contributed by atoms with van der Waals surface area (Å²) in [5, 5.41) is 0.170. The molecule has 0 N–H and O–H groups in total. The fraction of sp³-hybridized carbons (Fsp3) is 0.0714. The summed E-state index contributed by atoms with van der Waals surface area (Å²) in [6.07, 6.45) is 0. The van der Waals surface area contributed by atoms with E-state index in [2.05, 4.69) is 0 Å². The molecule has 0 atom stereocenters. The van der Waals surface area contributed by atoms with Crippen molar-refractivity contribution < 1.29 is 13.6 Å². The van der Waals surface area contributed by atoms with Crippen molar-refractivity contribution in [3.63, 3.8) is 0 Å². The largest absolute Gasteiger partial charge is 0.324 e. The minimum Gasteiger partial charge on any atom is -0.268 e. The molecule has 0 aliphatic heterocycles. The van der Waals surface area contributed by atoms with Crippen LogP contribution in [-0.4, -0.2) is 9.83 Å². The van der Waals surface area contributed by atoms with Gasteiger partial charge in [0.15, 0.2) is 0 Å². The Morgan fingerprint density at radius 1 is 1.14 bits per heavy atom. The lowest BCUT2D eigenvalue weighted by Crippen LogP contribution is -2.27. The first kappa shape index (κ1) is 17.3. The molecule has 22 heavy (non-hydrogen) atoms. The van der Waals surface area contributed by atoms with Crippen molar-refractivity contribution in [3.8, 4) is 0 Å². The monoisotopic (exact) mass is 381 g/mol. The van der Waals surface area contributed by atoms with E-state index in [1.165, 1.54) is 30.3 Å². The number of benzene rings is 2. The Hall–Kier alpha value is -1.01. The van der Waals surface area contributed by atoms with Crippen LogP contribution in [0.3, 0.4) is 0 Å². The van der Waals surface area contributed by atoms with Crippen LogP contribution in [0.25, 0.3) is 0 Å². The molecule has 2 nitrogen and oxygen atoms in total. The molecule has 1 amide bonds. The van der Waals surface area contributed by atoms with Crippen molar-refractivity contribution in [1.82, 2.24) is 0 Å². The number of carbonyl (C=O) groups excluding carboxylic acids is 1. The number of amides is 1. The van der Waals surface area contributed by atoms with Crippen molar-refractivity contribution >= 4 is 58.3 Å². The summed E-state index contributed by atoms with van der Waals surface area (Å²) < 4.78 is 25.0. The van der Waals surface area contributed by atoms with E-state index in [0.29, 0.717) is 0 Å². The molecule has 2 rings (SSSR count). The van der Waals surface area contributed by atoms with Gasteiger partial charge >= 0.3 is 3.92 Å². The van der Waals surface area contributed by atoms with Crippen molar-refractivity contribution in [3.05, 3.63) is 64.9 Å². The highest BCUT2D eigenvalue weighted by atomic mass is 35.5. The quantitative estimate of drug-likeness (QED) is 0.489. The Bertz CT molecular complexity index is 694. The number of hydrogen-bond donors (Lipinski definition) is 0. The van der Waals surface area contributed by atoms with Gasteiger partial charge in [0.25, 0.3) is 5.91 Å². The summed E-state index contributed by atoms with van der Waals surface area (Å²) in [6.45, 7) is 0. The Kier molecular flexibility index (Phi) is 5.55. The third kappa shape index (κ3) is 4.49. The van der Waals surface area contributed by atoms with Crippen LogP contribution >= 0.6 is 46.8 Å². The molecule has 0 spiro atoms. The Balaban J connectivity index is 2.45. The van der Waals surface area contributed by atoms with E-state index in [4.69, 9.17) is 34.8 Å². The highest BCUT2D eigenvalue weighted by Gasteiger charge is 2.32. The molecule has 8 heteroatoms. The van der Waals surface area contributed by atoms with Crippen LogP contribution in [0.5, 0.6) is 0 Å². The second-order valence-corrected chi connectivity index (χ2v) is 7.30. The van der Waals surface area contributed by atoms with Gasteiger partial charge in [-0.15, -0.1) is 0 Å². The van der Waals surface area contributed by atoms with Crippen molar-refractivity contribution in [2.24, 2.45) is 0 Å². The molecule has 0 aliphatic rings. The molecule has 0 unspecified atom stereocenters. The van der Waals surface area contributed by atoms with Crippen LogP contribution < -0.4 is 4.31 Å². The fourth-order valence-electron chi connectivity index (χ4n) is 1.66. The van der Waals surface area contributed by atoms with Gasteiger partial charge < -0.3 is 0 Å². The predicted molar refractivity (Wildman–Crippen MR) is 87.8 cm³/mol. The second-order valence-electron chi connectivity index (χ2n) is 4.10. The highest BCUT2D eigenvalue weighted by molar-refractivity contribution is 8.05. The van der Waals surface area contributed by atoms with Gasteiger partial charge in [0.05, 0.1) is 16.3 Å². The number of hydrogen-bond acceptors (Lipinski definition) is 2. The molecule has 2 aromatic rings. The molecule has 0 fully saturated rings. The van der Waals surface area contributed by atoms with E-state index in [-0.39, 0.29) is 28.2 Å². The summed E-state index contributed by atoms with van der Waals surface area (Å²) in [4.78, 5) is 12.6. The molecule has 2 aromatic carbocycles. The van der Waals surface area contributed by atoms with Gasteiger partial charge in [0, 0.05) is 11.9 Å². The van der Waals surface area contributed by atoms with Gasteiger partial charge in [-0.1, -0.05) is 53.0 Å².